The van der Waals surface area contributed by atoms with E-state index in [4.69, 9.17) is 14.2 Å². The van der Waals surface area contributed by atoms with Gasteiger partial charge in [0, 0.05) is 13.0 Å². The molecule has 0 radical (unpaired) electrons. The minimum Gasteiger partial charge on any atom is -0.379 e. The quantitative estimate of drug-likeness (QED) is 0.164. The van der Waals surface area contributed by atoms with Gasteiger partial charge >= 0.3 is 10.4 Å². The highest BCUT2D eigenvalue weighted by Gasteiger charge is 2.13. The van der Waals surface area contributed by atoms with Crippen LogP contribution in [0.4, 0.5) is 0 Å². The standard InChI is InChI=1S/C16H30O8S/c1-3-5-6-7-8-9-10-22-24-25(17,18)23-16-15-21-14-13-20-12-11-19-4-2/h3-8,11-16H2,1-2H3. The SMILES string of the molecule is CCCCCCC#COOS(=O)(=O)OCCOCCOCCOCC. The van der Waals surface area contributed by atoms with E-state index in [1.54, 1.807) is 0 Å². The molecule has 9 heteroatoms. The Kier molecular flexibility index (Phi) is 17.3. The summed E-state index contributed by atoms with van der Waals surface area (Å²) >= 11 is 0. The van der Waals surface area contributed by atoms with Crippen molar-refractivity contribution in [1.29, 1.82) is 0 Å². The maximum absolute atomic E-state index is 11.3. The average Bonchev–Trinajstić information content (AvgIpc) is 2.59. The van der Waals surface area contributed by atoms with Crippen molar-refractivity contribution in [3.63, 3.8) is 0 Å². The molecular weight excluding hydrogens is 352 g/mol. The zero-order chi connectivity index (χ0) is 18.6. The summed E-state index contributed by atoms with van der Waals surface area (Å²) in [5.74, 6) is 2.66. The van der Waals surface area contributed by atoms with Crippen LogP contribution in [0, 0.1) is 12.0 Å². The van der Waals surface area contributed by atoms with Gasteiger partial charge in [0.1, 0.15) is 0 Å². The van der Waals surface area contributed by atoms with Crippen LogP contribution in [0.1, 0.15) is 46.0 Å². The highest BCUT2D eigenvalue weighted by molar-refractivity contribution is 7.81. The topological polar surface area (TPSA) is 89.5 Å². The summed E-state index contributed by atoms with van der Waals surface area (Å²) in [6.45, 7) is 6.34. The minimum atomic E-state index is -4.24. The third-order valence-corrected chi connectivity index (χ3v) is 3.48. The molecule has 0 bridgehead atoms. The molecule has 0 saturated heterocycles. The number of hydrogen-bond acceptors (Lipinski definition) is 8. The van der Waals surface area contributed by atoms with Crippen molar-refractivity contribution in [2.24, 2.45) is 0 Å². The Balaban J connectivity index is 3.48. The number of rotatable bonds is 17. The van der Waals surface area contributed by atoms with E-state index in [0.29, 0.717) is 39.5 Å². The molecule has 8 nitrogen and oxygen atoms in total. The van der Waals surface area contributed by atoms with Crippen LogP contribution in [0.3, 0.4) is 0 Å². The highest BCUT2D eigenvalue weighted by Crippen LogP contribution is 2.01. The summed E-state index contributed by atoms with van der Waals surface area (Å²) in [6.07, 6.45) is 7.13. The first kappa shape index (κ1) is 24.1. The molecular formula is C16H30O8S. The molecule has 148 valence electrons. The van der Waals surface area contributed by atoms with E-state index in [1.165, 1.54) is 0 Å². The monoisotopic (exact) mass is 382 g/mol. The van der Waals surface area contributed by atoms with Crippen LogP contribution >= 0.6 is 0 Å². The molecule has 0 heterocycles. The molecule has 0 aliphatic heterocycles. The molecule has 0 N–H and O–H groups in total. The van der Waals surface area contributed by atoms with Crippen molar-refractivity contribution < 1.29 is 36.0 Å². The Morgan fingerprint density at radius 3 is 2.08 bits per heavy atom. The molecule has 0 atom stereocenters. The van der Waals surface area contributed by atoms with Gasteiger partial charge in [-0.25, -0.2) is 4.18 Å². The van der Waals surface area contributed by atoms with E-state index in [-0.39, 0.29) is 13.2 Å². The molecule has 25 heavy (non-hydrogen) atoms. The van der Waals surface area contributed by atoms with Crippen LogP contribution in [0.15, 0.2) is 0 Å². The third-order valence-electron chi connectivity index (χ3n) is 2.79. The summed E-state index contributed by atoms with van der Waals surface area (Å²) < 4.78 is 46.7. The van der Waals surface area contributed by atoms with Gasteiger partial charge in [-0.3, -0.25) is 4.89 Å². The van der Waals surface area contributed by atoms with Gasteiger partial charge in [0.25, 0.3) is 0 Å². The summed E-state index contributed by atoms with van der Waals surface area (Å²) in [5, 5.41) is 0. The number of ether oxygens (including phenoxy) is 3. The van der Waals surface area contributed by atoms with Crippen LogP contribution in [-0.4, -0.2) is 54.7 Å². The van der Waals surface area contributed by atoms with Crippen LogP contribution in [-0.2, 0) is 38.0 Å². The first-order valence-corrected chi connectivity index (χ1v) is 9.91. The normalized spacial score (nSPS) is 11.1. The van der Waals surface area contributed by atoms with Crippen molar-refractivity contribution in [3.8, 4) is 12.0 Å². The van der Waals surface area contributed by atoms with Crippen LogP contribution in [0.25, 0.3) is 0 Å². The highest BCUT2D eigenvalue weighted by atomic mass is 32.3. The molecule has 0 aliphatic rings. The summed E-state index contributed by atoms with van der Waals surface area (Å²) in [6, 6.07) is 0. The Bertz CT molecular complexity index is 441. The zero-order valence-corrected chi connectivity index (χ0v) is 16.0. The van der Waals surface area contributed by atoms with Gasteiger partial charge in [-0.15, -0.1) is 0 Å². The van der Waals surface area contributed by atoms with Gasteiger partial charge in [-0.2, -0.15) is 8.42 Å². The van der Waals surface area contributed by atoms with Gasteiger partial charge in [0.05, 0.1) is 39.6 Å². The molecule has 0 unspecified atom stereocenters. The maximum Gasteiger partial charge on any atom is 0.436 e. The summed E-state index contributed by atoms with van der Waals surface area (Å²) in [4.78, 5) is 4.30. The fraction of sp³-hybridized carbons (Fsp3) is 0.875. The lowest BCUT2D eigenvalue weighted by Gasteiger charge is -2.06. The first-order valence-electron chi connectivity index (χ1n) is 8.58. The molecule has 0 rings (SSSR count). The fourth-order valence-corrected chi connectivity index (χ4v) is 2.01. The average molecular weight is 382 g/mol. The maximum atomic E-state index is 11.3. The second-order valence-electron chi connectivity index (χ2n) is 4.89. The Hall–Kier alpha value is -0.890. The Labute approximate surface area is 151 Å². The summed E-state index contributed by atoms with van der Waals surface area (Å²) in [5.41, 5.74) is 0. The van der Waals surface area contributed by atoms with Crippen molar-refractivity contribution >= 4 is 10.4 Å². The van der Waals surface area contributed by atoms with E-state index in [0.717, 1.165) is 25.7 Å². The number of unbranched alkanes of at least 4 members (excludes halogenated alkanes) is 4. The van der Waals surface area contributed by atoms with E-state index < -0.39 is 10.4 Å². The van der Waals surface area contributed by atoms with E-state index in [1.807, 2.05) is 6.92 Å². The van der Waals surface area contributed by atoms with Crippen molar-refractivity contribution in [2.75, 3.05) is 46.2 Å². The van der Waals surface area contributed by atoms with Gasteiger partial charge < -0.3 is 14.2 Å². The third kappa shape index (κ3) is 19.3. The second-order valence-corrected chi connectivity index (χ2v) is 6.08. The second kappa shape index (κ2) is 17.9. The largest absolute Gasteiger partial charge is 0.436 e. The smallest absolute Gasteiger partial charge is 0.379 e. The van der Waals surface area contributed by atoms with Gasteiger partial charge in [0.15, 0.2) is 6.11 Å². The lowest BCUT2D eigenvalue weighted by molar-refractivity contribution is -0.139. The fourth-order valence-electron chi connectivity index (χ4n) is 1.58. The summed E-state index contributed by atoms with van der Waals surface area (Å²) in [7, 11) is -4.24. The molecule has 0 aliphatic carbocycles. The van der Waals surface area contributed by atoms with Crippen molar-refractivity contribution in [1.82, 2.24) is 0 Å². The molecule has 0 aromatic heterocycles. The van der Waals surface area contributed by atoms with Crippen molar-refractivity contribution in [3.05, 3.63) is 0 Å². The molecule has 0 fully saturated rings. The molecule has 0 aromatic carbocycles. The van der Waals surface area contributed by atoms with Gasteiger partial charge in [-0.1, -0.05) is 32.1 Å². The van der Waals surface area contributed by atoms with Gasteiger partial charge in [-0.05, 0) is 17.7 Å². The Morgan fingerprint density at radius 2 is 1.44 bits per heavy atom. The van der Waals surface area contributed by atoms with Crippen LogP contribution in [0.2, 0.25) is 0 Å². The first-order chi connectivity index (χ1) is 12.1. The molecule has 0 saturated carbocycles. The molecule has 0 aromatic rings. The zero-order valence-electron chi connectivity index (χ0n) is 15.2. The van der Waals surface area contributed by atoms with E-state index >= 15 is 0 Å². The minimum absolute atomic E-state index is 0.0838. The van der Waals surface area contributed by atoms with Crippen molar-refractivity contribution in [2.45, 2.75) is 46.0 Å². The lowest BCUT2D eigenvalue weighted by atomic mass is 10.2. The predicted octanol–water partition coefficient (Wildman–Crippen LogP) is 2.20. The lowest BCUT2D eigenvalue weighted by Crippen LogP contribution is -2.15. The van der Waals surface area contributed by atoms with E-state index in [9.17, 15) is 8.42 Å². The van der Waals surface area contributed by atoms with E-state index in [2.05, 4.69) is 32.4 Å². The predicted molar refractivity (Wildman–Crippen MR) is 91.7 cm³/mol. The number of hydrogen-bond donors (Lipinski definition) is 0. The van der Waals surface area contributed by atoms with Crippen LogP contribution in [0.5, 0.6) is 0 Å². The van der Waals surface area contributed by atoms with Gasteiger partial charge in [0.2, 0.25) is 0 Å². The van der Waals surface area contributed by atoms with Crippen LogP contribution < -0.4 is 0 Å². The molecule has 0 amide bonds. The molecule has 0 spiro atoms. The Morgan fingerprint density at radius 1 is 0.800 bits per heavy atom.